The molecule has 0 bridgehead atoms. The number of carboxylic acid groups (broad SMARTS) is 1. The minimum atomic E-state index is -1.04. The predicted molar refractivity (Wildman–Crippen MR) is 59.5 cm³/mol. The summed E-state index contributed by atoms with van der Waals surface area (Å²) in [6.07, 6.45) is 5.30. The number of aromatic nitrogens is 1. The van der Waals surface area contributed by atoms with Gasteiger partial charge in [0.25, 0.3) is 0 Å². The Bertz CT molecular complexity index is 409. The molecule has 0 radical (unpaired) electrons. The second kappa shape index (κ2) is 4.14. The molecular weight excluding hydrogens is 220 g/mol. The van der Waals surface area contributed by atoms with Crippen molar-refractivity contribution in [3.63, 3.8) is 0 Å². The SMILES string of the molecule is O=C(O)c1cc(CNC(C2CC2)C2CC2)on1. The number of nitrogens with one attached hydrogen (secondary N) is 1. The summed E-state index contributed by atoms with van der Waals surface area (Å²) in [4.78, 5) is 10.6. The molecule has 0 unspecified atom stereocenters. The largest absolute Gasteiger partial charge is 0.476 e. The average molecular weight is 236 g/mol. The zero-order chi connectivity index (χ0) is 11.8. The molecule has 2 aliphatic rings. The van der Waals surface area contributed by atoms with Crippen molar-refractivity contribution < 1.29 is 14.4 Å². The second-order valence-electron chi connectivity index (χ2n) is 5.07. The van der Waals surface area contributed by atoms with E-state index in [1.54, 1.807) is 0 Å². The number of nitrogens with zero attached hydrogens (tertiary/aromatic N) is 1. The Hall–Kier alpha value is -1.36. The van der Waals surface area contributed by atoms with E-state index < -0.39 is 5.97 Å². The molecule has 1 heterocycles. The van der Waals surface area contributed by atoms with Crippen molar-refractivity contribution in [2.45, 2.75) is 38.3 Å². The van der Waals surface area contributed by atoms with E-state index in [0.717, 1.165) is 11.8 Å². The Morgan fingerprint density at radius 3 is 2.59 bits per heavy atom. The topological polar surface area (TPSA) is 75.4 Å². The standard InChI is InChI=1S/C12H16N2O3/c15-12(16)10-5-9(17-14-10)6-13-11(7-1-2-7)8-3-4-8/h5,7-8,11,13H,1-4,6H2,(H,15,16). The Kier molecular flexibility index (Phi) is 2.63. The first kappa shape index (κ1) is 10.8. The number of hydrogen-bond acceptors (Lipinski definition) is 4. The highest BCUT2D eigenvalue weighted by molar-refractivity contribution is 5.85. The fourth-order valence-electron chi connectivity index (χ4n) is 2.34. The number of hydrogen-bond donors (Lipinski definition) is 2. The molecule has 0 saturated heterocycles. The maximum Gasteiger partial charge on any atom is 0.358 e. The molecule has 0 aromatic carbocycles. The quantitative estimate of drug-likeness (QED) is 0.785. The summed E-state index contributed by atoms with van der Waals surface area (Å²) < 4.78 is 4.98. The summed E-state index contributed by atoms with van der Waals surface area (Å²) in [5.74, 6) is 1.21. The Morgan fingerprint density at radius 2 is 2.12 bits per heavy atom. The van der Waals surface area contributed by atoms with Crippen molar-refractivity contribution in [2.75, 3.05) is 0 Å². The van der Waals surface area contributed by atoms with E-state index >= 15 is 0 Å². The minimum absolute atomic E-state index is 0.0174. The Balaban J connectivity index is 1.56. The Labute approximate surface area is 99.2 Å². The van der Waals surface area contributed by atoms with E-state index in [1.807, 2.05) is 0 Å². The fourth-order valence-corrected chi connectivity index (χ4v) is 2.34. The van der Waals surface area contributed by atoms with Gasteiger partial charge in [0, 0.05) is 12.1 Å². The van der Waals surface area contributed by atoms with E-state index in [1.165, 1.54) is 31.7 Å². The van der Waals surface area contributed by atoms with Crippen molar-refractivity contribution in [1.82, 2.24) is 10.5 Å². The number of carbonyl (C=O) groups is 1. The summed E-state index contributed by atoms with van der Waals surface area (Å²) in [7, 11) is 0. The van der Waals surface area contributed by atoms with Crippen LogP contribution in [0.15, 0.2) is 10.6 Å². The average Bonchev–Trinajstić information content (AvgIpc) is 3.20. The molecule has 5 nitrogen and oxygen atoms in total. The molecule has 5 heteroatoms. The van der Waals surface area contributed by atoms with Crippen LogP contribution < -0.4 is 5.32 Å². The zero-order valence-electron chi connectivity index (χ0n) is 9.56. The van der Waals surface area contributed by atoms with Gasteiger partial charge in [0.05, 0.1) is 6.54 Å². The third-order valence-electron chi connectivity index (χ3n) is 3.55. The lowest BCUT2D eigenvalue weighted by atomic mass is 10.1. The maximum absolute atomic E-state index is 10.6. The minimum Gasteiger partial charge on any atom is -0.476 e. The molecule has 92 valence electrons. The predicted octanol–water partition coefficient (Wildman–Crippen LogP) is 1.65. The third-order valence-corrected chi connectivity index (χ3v) is 3.55. The molecule has 1 aromatic rings. The number of rotatable bonds is 6. The van der Waals surface area contributed by atoms with E-state index in [-0.39, 0.29) is 5.69 Å². The monoisotopic (exact) mass is 236 g/mol. The molecule has 2 saturated carbocycles. The summed E-state index contributed by atoms with van der Waals surface area (Å²) in [6, 6.07) is 2.08. The van der Waals surface area contributed by atoms with Crippen molar-refractivity contribution in [3.05, 3.63) is 17.5 Å². The van der Waals surface area contributed by atoms with E-state index in [0.29, 0.717) is 18.3 Å². The smallest absolute Gasteiger partial charge is 0.358 e. The Morgan fingerprint density at radius 1 is 1.47 bits per heavy atom. The molecule has 0 amide bonds. The van der Waals surface area contributed by atoms with Crippen LogP contribution in [0.2, 0.25) is 0 Å². The highest BCUT2D eigenvalue weighted by atomic mass is 16.5. The number of carboxylic acids is 1. The summed E-state index contributed by atoms with van der Waals surface area (Å²) >= 11 is 0. The molecule has 0 aliphatic heterocycles. The second-order valence-corrected chi connectivity index (χ2v) is 5.07. The number of aromatic carboxylic acids is 1. The highest BCUT2D eigenvalue weighted by Gasteiger charge is 2.41. The van der Waals surface area contributed by atoms with Gasteiger partial charge >= 0.3 is 5.97 Å². The van der Waals surface area contributed by atoms with Gasteiger partial charge in [-0.15, -0.1) is 0 Å². The van der Waals surface area contributed by atoms with Gasteiger partial charge in [-0.3, -0.25) is 0 Å². The van der Waals surface area contributed by atoms with Crippen LogP contribution in [-0.4, -0.2) is 22.3 Å². The van der Waals surface area contributed by atoms with Crippen molar-refractivity contribution in [1.29, 1.82) is 0 Å². The highest BCUT2D eigenvalue weighted by Crippen LogP contribution is 2.44. The van der Waals surface area contributed by atoms with Crippen LogP contribution in [0.25, 0.3) is 0 Å². The lowest BCUT2D eigenvalue weighted by Crippen LogP contribution is -2.32. The summed E-state index contributed by atoms with van der Waals surface area (Å²) in [6.45, 7) is 0.581. The molecule has 2 fully saturated rings. The molecular formula is C12H16N2O3. The van der Waals surface area contributed by atoms with Gasteiger partial charge in [0.15, 0.2) is 11.5 Å². The van der Waals surface area contributed by atoms with Gasteiger partial charge in [0.2, 0.25) is 0 Å². The van der Waals surface area contributed by atoms with Crippen molar-refractivity contribution in [3.8, 4) is 0 Å². The fraction of sp³-hybridized carbons (Fsp3) is 0.667. The van der Waals surface area contributed by atoms with E-state index in [4.69, 9.17) is 9.63 Å². The van der Waals surface area contributed by atoms with Gasteiger partial charge in [-0.05, 0) is 37.5 Å². The van der Waals surface area contributed by atoms with Gasteiger partial charge in [-0.2, -0.15) is 0 Å². The van der Waals surface area contributed by atoms with Crippen LogP contribution in [-0.2, 0) is 6.54 Å². The van der Waals surface area contributed by atoms with Crippen LogP contribution in [0.4, 0.5) is 0 Å². The van der Waals surface area contributed by atoms with Crippen LogP contribution in [0, 0.1) is 11.8 Å². The molecule has 2 aliphatic carbocycles. The first-order valence-corrected chi connectivity index (χ1v) is 6.16. The first-order valence-electron chi connectivity index (χ1n) is 6.16. The summed E-state index contributed by atoms with van der Waals surface area (Å²) in [5.41, 5.74) is -0.0174. The zero-order valence-corrected chi connectivity index (χ0v) is 9.56. The molecule has 17 heavy (non-hydrogen) atoms. The van der Waals surface area contributed by atoms with Crippen molar-refractivity contribution >= 4 is 5.97 Å². The van der Waals surface area contributed by atoms with Gasteiger partial charge in [0.1, 0.15) is 0 Å². The van der Waals surface area contributed by atoms with Crippen molar-refractivity contribution in [2.24, 2.45) is 11.8 Å². The van der Waals surface area contributed by atoms with Crippen LogP contribution in [0.5, 0.6) is 0 Å². The maximum atomic E-state index is 10.6. The molecule has 0 atom stereocenters. The third kappa shape index (κ3) is 2.49. The van der Waals surface area contributed by atoms with Crippen LogP contribution in [0.1, 0.15) is 41.9 Å². The first-order chi connectivity index (χ1) is 8.24. The van der Waals surface area contributed by atoms with Crippen LogP contribution in [0.3, 0.4) is 0 Å². The normalized spacial score (nSPS) is 19.8. The molecule has 0 spiro atoms. The molecule has 3 rings (SSSR count). The van der Waals surface area contributed by atoms with E-state index in [2.05, 4.69) is 10.5 Å². The summed E-state index contributed by atoms with van der Waals surface area (Å²) in [5, 5.41) is 15.7. The van der Waals surface area contributed by atoms with Gasteiger partial charge in [-0.25, -0.2) is 4.79 Å². The van der Waals surface area contributed by atoms with Gasteiger partial charge in [-0.1, -0.05) is 5.16 Å². The molecule has 2 N–H and O–H groups in total. The van der Waals surface area contributed by atoms with Gasteiger partial charge < -0.3 is 14.9 Å². The van der Waals surface area contributed by atoms with Crippen LogP contribution >= 0.6 is 0 Å². The lowest BCUT2D eigenvalue weighted by molar-refractivity contribution is 0.0685. The molecule has 1 aromatic heterocycles. The van der Waals surface area contributed by atoms with E-state index in [9.17, 15) is 4.79 Å². The lowest BCUT2D eigenvalue weighted by Gasteiger charge is -2.16.